The highest BCUT2D eigenvalue weighted by atomic mass is 32.1. The van der Waals surface area contributed by atoms with Crippen molar-refractivity contribution >= 4 is 36.3 Å². The molecule has 7 nitrogen and oxygen atoms in total. The van der Waals surface area contributed by atoms with Gasteiger partial charge in [0.15, 0.2) is 0 Å². The van der Waals surface area contributed by atoms with Crippen LogP contribution in [0.4, 0.5) is 0 Å². The molecule has 0 saturated carbocycles. The molecule has 2 aliphatic rings. The van der Waals surface area contributed by atoms with Crippen LogP contribution in [-0.4, -0.2) is 46.9 Å². The molecule has 8 heteroatoms. The summed E-state index contributed by atoms with van der Waals surface area (Å²) in [5, 5.41) is 4.99. The van der Waals surface area contributed by atoms with Gasteiger partial charge in [-0.3, -0.25) is 24.5 Å². The number of imide groups is 1. The molecule has 1 saturated heterocycles. The normalized spacial score (nSPS) is 20.0. The average Bonchev–Trinajstić information content (AvgIpc) is 2.89. The van der Waals surface area contributed by atoms with Crippen LogP contribution in [0.25, 0.3) is 0 Å². The number of fused-ring (bicyclic) bond motifs is 1. The lowest BCUT2D eigenvalue weighted by Gasteiger charge is -2.29. The molecule has 2 aliphatic heterocycles. The van der Waals surface area contributed by atoms with Gasteiger partial charge >= 0.3 is 0 Å². The highest BCUT2D eigenvalue weighted by Crippen LogP contribution is 2.28. The van der Waals surface area contributed by atoms with E-state index in [1.165, 1.54) is 4.90 Å². The van der Waals surface area contributed by atoms with Gasteiger partial charge in [-0.15, -0.1) is 0 Å². The quantitative estimate of drug-likeness (QED) is 0.532. The van der Waals surface area contributed by atoms with Gasteiger partial charge in [0.25, 0.3) is 11.8 Å². The van der Waals surface area contributed by atoms with Crippen molar-refractivity contribution in [2.24, 2.45) is 0 Å². The molecule has 3 rings (SSSR count). The number of nitrogens with zero attached hydrogens (tertiary/aromatic N) is 1. The molecule has 126 valence electrons. The summed E-state index contributed by atoms with van der Waals surface area (Å²) in [6, 6.07) is 4.23. The van der Waals surface area contributed by atoms with Crippen LogP contribution < -0.4 is 10.6 Å². The van der Waals surface area contributed by atoms with Crippen LogP contribution in [0, 0.1) is 0 Å². The van der Waals surface area contributed by atoms with Gasteiger partial charge in [0.1, 0.15) is 6.04 Å². The number of carbonyl (C=O) groups is 4. The molecule has 1 fully saturated rings. The Kier molecular flexibility index (Phi) is 4.57. The lowest BCUT2D eigenvalue weighted by molar-refractivity contribution is -0.136. The van der Waals surface area contributed by atoms with Gasteiger partial charge in [0.05, 0.1) is 0 Å². The Morgan fingerprint density at radius 1 is 1.33 bits per heavy atom. The second-order valence-corrected chi connectivity index (χ2v) is 6.20. The average molecular weight is 347 g/mol. The summed E-state index contributed by atoms with van der Waals surface area (Å²) < 4.78 is 0. The van der Waals surface area contributed by atoms with E-state index in [0.717, 1.165) is 0 Å². The number of nitrogens with one attached hydrogen (secondary N) is 2. The third kappa shape index (κ3) is 3.01. The van der Waals surface area contributed by atoms with Crippen LogP contribution in [0.3, 0.4) is 0 Å². The van der Waals surface area contributed by atoms with Crippen LogP contribution in [0.1, 0.15) is 39.1 Å². The number of piperidine rings is 1. The van der Waals surface area contributed by atoms with Crippen LogP contribution in [-0.2, 0) is 16.1 Å². The predicted octanol–water partition coefficient (Wildman–Crippen LogP) is 0.107. The summed E-state index contributed by atoms with van der Waals surface area (Å²) >= 11 is 4.04. The fraction of sp³-hybridized carbons (Fsp3) is 0.375. The molecule has 2 N–H and O–H groups in total. The first-order valence-corrected chi connectivity index (χ1v) is 8.31. The number of carbonyl (C=O) groups excluding carboxylic acids is 4. The highest BCUT2D eigenvalue weighted by Gasteiger charge is 2.39. The van der Waals surface area contributed by atoms with Gasteiger partial charge in [-0.25, -0.2) is 0 Å². The van der Waals surface area contributed by atoms with Crippen molar-refractivity contribution < 1.29 is 19.2 Å². The first kappa shape index (κ1) is 16.5. The van der Waals surface area contributed by atoms with Gasteiger partial charge in [0.2, 0.25) is 11.8 Å². The molecule has 4 amide bonds. The standard InChI is InChI=1S/C16H17N3O4S/c20-13-4-3-12(15(22)18-13)19-8-10-7-9(14(21)17-5-6-24)1-2-11(10)16(19)23/h1-2,7,12,24H,3-6,8H2,(H,17,21)(H,18,20,22). The molecule has 0 radical (unpaired) electrons. The zero-order valence-electron chi connectivity index (χ0n) is 12.9. The molecule has 24 heavy (non-hydrogen) atoms. The molecule has 1 aromatic rings. The Morgan fingerprint density at radius 3 is 2.83 bits per heavy atom. The minimum absolute atomic E-state index is 0.216. The summed E-state index contributed by atoms with van der Waals surface area (Å²) in [6.07, 6.45) is 0.535. The molecule has 1 unspecified atom stereocenters. The van der Waals surface area contributed by atoms with E-state index < -0.39 is 11.9 Å². The smallest absolute Gasteiger partial charge is 0.255 e. The molecule has 0 spiro atoms. The van der Waals surface area contributed by atoms with Gasteiger partial charge in [-0.05, 0) is 30.2 Å². The number of amides is 4. The second-order valence-electron chi connectivity index (χ2n) is 5.75. The summed E-state index contributed by atoms with van der Waals surface area (Å²) in [5.74, 6) is -0.693. The molecule has 0 aliphatic carbocycles. The van der Waals surface area contributed by atoms with Crippen LogP contribution in [0.2, 0.25) is 0 Å². The van der Waals surface area contributed by atoms with Crippen molar-refractivity contribution in [3.8, 4) is 0 Å². The van der Waals surface area contributed by atoms with E-state index in [4.69, 9.17) is 0 Å². The maximum Gasteiger partial charge on any atom is 0.255 e. The number of rotatable bonds is 4. The predicted molar refractivity (Wildman–Crippen MR) is 88.7 cm³/mol. The largest absolute Gasteiger partial charge is 0.351 e. The van der Waals surface area contributed by atoms with E-state index >= 15 is 0 Å². The molecule has 1 atom stereocenters. The summed E-state index contributed by atoms with van der Waals surface area (Å²) in [5.41, 5.74) is 1.67. The molecule has 0 aromatic heterocycles. The van der Waals surface area contributed by atoms with Crippen molar-refractivity contribution in [1.82, 2.24) is 15.5 Å². The molecular weight excluding hydrogens is 330 g/mol. The van der Waals surface area contributed by atoms with E-state index in [1.54, 1.807) is 18.2 Å². The van der Waals surface area contributed by atoms with E-state index in [2.05, 4.69) is 23.3 Å². The number of hydrogen-bond acceptors (Lipinski definition) is 5. The highest BCUT2D eigenvalue weighted by molar-refractivity contribution is 7.80. The van der Waals surface area contributed by atoms with Crippen LogP contribution >= 0.6 is 12.6 Å². The maximum absolute atomic E-state index is 12.5. The fourth-order valence-corrected chi connectivity index (χ4v) is 3.10. The molecule has 2 heterocycles. The third-order valence-electron chi connectivity index (χ3n) is 4.18. The fourth-order valence-electron chi connectivity index (χ4n) is 2.99. The third-order valence-corrected chi connectivity index (χ3v) is 4.41. The molecule has 0 bridgehead atoms. The monoisotopic (exact) mass is 347 g/mol. The van der Waals surface area contributed by atoms with E-state index in [9.17, 15) is 19.2 Å². The topological polar surface area (TPSA) is 95.6 Å². The van der Waals surface area contributed by atoms with Crippen molar-refractivity contribution in [1.29, 1.82) is 0 Å². The summed E-state index contributed by atoms with van der Waals surface area (Å²) in [7, 11) is 0. The number of hydrogen-bond donors (Lipinski definition) is 3. The van der Waals surface area contributed by atoms with Gasteiger partial charge < -0.3 is 10.2 Å². The minimum atomic E-state index is -0.649. The Balaban J connectivity index is 1.79. The van der Waals surface area contributed by atoms with E-state index in [1.807, 2.05) is 0 Å². The van der Waals surface area contributed by atoms with E-state index in [-0.39, 0.29) is 30.7 Å². The number of benzene rings is 1. The first-order chi connectivity index (χ1) is 11.5. The Morgan fingerprint density at radius 2 is 2.12 bits per heavy atom. The first-order valence-electron chi connectivity index (χ1n) is 7.68. The summed E-state index contributed by atoms with van der Waals surface area (Å²) in [6.45, 7) is 0.717. The Hall–Kier alpha value is -2.35. The van der Waals surface area contributed by atoms with Crippen molar-refractivity contribution in [3.63, 3.8) is 0 Å². The summed E-state index contributed by atoms with van der Waals surface area (Å²) in [4.78, 5) is 49.2. The van der Waals surface area contributed by atoms with Crippen molar-refractivity contribution in [2.75, 3.05) is 12.3 Å². The van der Waals surface area contributed by atoms with Gasteiger partial charge in [0, 0.05) is 36.4 Å². The minimum Gasteiger partial charge on any atom is -0.351 e. The van der Waals surface area contributed by atoms with Crippen LogP contribution in [0.5, 0.6) is 0 Å². The zero-order valence-corrected chi connectivity index (χ0v) is 13.8. The van der Waals surface area contributed by atoms with Gasteiger partial charge in [-0.1, -0.05) is 0 Å². The van der Waals surface area contributed by atoms with E-state index in [0.29, 0.717) is 35.4 Å². The lowest BCUT2D eigenvalue weighted by Crippen LogP contribution is -2.52. The lowest BCUT2D eigenvalue weighted by atomic mass is 10.0. The van der Waals surface area contributed by atoms with Crippen LogP contribution in [0.15, 0.2) is 18.2 Å². The second kappa shape index (κ2) is 6.64. The SMILES string of the molecule is O=C1CCC(N2Cc3cc(C(=O)NCCS)ccc3C2=O)C(=O)N1. The molecule has 1 aromatic carbocycles. The Labute approximate surface area is 144 Å². The van der Waals surface area contributed by atoms with Crippen molar-refractivity contribution in [2.45, 2.75) is 25.4 Å². The maximum atomic E-state index is 12.5. The Bertz CT molecular complexity index is 734. The zero-order chi connectivity index (χ0) is 17.3. The van der Waals surface area contributed by atoms with Crippen molar-refractivity contribution in [3.05, 3.63) is 34.9 Å². The van der Waals surface area contributed by atoms with Gasteiger partial charge in [-0.2, -0.15) is 12.6 Å². The molecular formula is C16H17N3O4S. The number of thiol groups is 1.